The number of carbonyl (C=O) groups is 2. The molecule has 5 unspecified atom stereocenters. The van der Waals surface area contributed by atoms with E-state index in [2.05, 4.69) is 0 Å². The van der Waals surface area contributed by atoms with Crippen LogP contribution in [0, 0.1) is 23.7 Å². The van der Waals surface area contributed by atoms with Crippen LogP contribution >= 0.6 is 0 Å². The molecule has 0 bridgehead atoms. The molecule has 0 radical (unpaired) electrons. The second-order valence-corrected chi connectivity index (χ2v) is 12.7. The van der Waals surface area contributed by atoms with Crippen molar-refractivity contribution < 1.29 is 43.5 Å². The number of carbonyl (C=O) groups excluding carboxylic acids is 2. The number of methoxy groups -OCH3 is 2. The average molecular weight is 612 g/mol. The molecule has 1 fully saturated rings. The van der Waals surface area contributed by atoms with Crippen LogP contribution in [0.3, 0.4) is 0 Å². The number of hydrogen-bond acceptors (Lipinski definition) is 10. The molecule has 2 rings (SSSR count). The Morgan fingerprint density at radius 3 is 2.35 bits per heavy atom. The first-order valence-electron chi connectivity index (χ1n) is 15.8. The van der Waals surface area contributed by atoms with Crippen molar-refractivity contribution in [2.45, 2.75) is 116 Å². The molecule has 248 valence electrons. The van der Waals surface area contributed by atoms with Gasteiger partial charge in [0.2, 0.25) is 0 Å². The lowest BCUT2D eigenvalue weighted by Crippen LogP contribution is -2.56. The van der Waals surface area contributed by atoms with Crippen LogP contribution in [-0.4, -0.2) is 105 Å². The molecule has 0 aromatic carbocycles. The topological polar surface area (TPSA) is 124 Å². The molecule has 10 nitrogen and oxygen atoms in total. The highest BCUT2D eigenvalue weighted by Crippen LogP contribution is 2.35. The summed E-state index contributed by atoms with van der Waals surface area (Å²) in [5, 5.41) is 21.3. The lowest BCUT2D eigenvalue weighted by atomic mass is 9.80. The van der Waals surface area contributed by atoms with Crippen LogP contribution in [0.2, 0.25) is 0 Å². The highest BCUT2D eigenvalue weighted by Gasteiger charge is 2.42. The number of nitrogens with zero attached hydrogens (tertiary/aromatic N) is 1. The van der Waals surface area contributed by atoms with Gasteiger partial charge < -0.3 is 38.8 Å². The van der Waals surface area contributed by atoms with Crippen molar-refractivity contribution in [3.63, 3.8) is 0 Å². The maximum Gasteiger partial charge on any atom is 0.306 e. The highest BCUT2D eigenvalue weighted by atomic mass is 16.7. The van der Waals surface area contributed by atoms with E-state index in [1.165, 1.54) is 0 Å². The quantitative estimate of drug-likeness (QED) is 0.293. The standard InChI is InChI=1S/C33H57NO9/c1-10-28-25(19-35)15-20(2)11-13-27(36)22(4)16-24(18-30(39-8)40-9)32(21(3)12-14-29(37)42-28)43-33-31(38)26(34(6)7)17-23(5)41-33/h11,13,15,21-26,28,30-33,35,38H,10,12,14,16-19H2,1-9H3/b13-11+,20-15+/t21-,22+,23?,24?,25+,26?,28+,31?,32+,33?/m0/s1. The van der Waals surface area contributed by atoms with Gasteiger partial charge in [-0.25, -0.2) is 0 Å². The van der Waals surface area contributed by atoms with Gasteiger partial charge >= 0.3 is 5.97 Å². The smallest absolute Gasteiger partial charge is 0.306 e. The van der Waals surface area contributed by atoms with Crippen LogP contribution in [-0.2, 0) is 33.3 Å². The Kier molecular flexibility index (Phi) is 16.0. The van der Waals surface area contributed by atoms with Crippen molar-refractivity contribution in [2.24, 2.45) is 23.7 Å². The number of hydrogen-bond donors (Lipinski definition) is 2. The third kappa shape index (κ3) is 11.3. The molecule has 43 heavy (non-hydrogen) atoms. The molecular weight excluding hydrogens is 554 g/mol. The fourth-order valence-corrected chi connectivity index (χ4v) is 6.25. The zero-order valence-corrected chi connectivity index (χ0v) is 27.7. The Bertz CT molecular complexity index is 918. The van der Waals surface area contributed by atoms with Crippen LogP contribution in [0.5, 0.6) is 0 Å². The van der Waals surface area contributed by atoms with Crippen molar-refractivity contribution >= 4 is 11.8 Å². The number of allylic oxidation sites excluding steroid dienone is 3. The maximum atomic E-state index is 13.3. The summed E-state index contributed by atoms with van der Waals surface area (Å²) in [5.74, 6) is -1.49. The van der Waals surface area contributed by atoms with Gasteiger partial charge in [-0.1, -0.05) is 38.5 Å². The number of cyclic esters (lactones) is 1. The first-order valence-corrected chi connectivity index (χ1v) is 15.8. The summed E-state index contributed by atoms with van der Waals surface area (Å²) < 4.78 is 29.8. The second kappa shape index (κ2) is 18.3. The van der Waals surface area contributed by atoms with Gasteiger partial charge in [0.05, 0.1) is 18.8 Å². The van der Waals surface area contributed by atoms with E-state index >= 15 is 0 Å². The maximum absolute atomic E-state index is 13.3. The summed E-state index contributed by atoms with van der Waals surface area (Å²) in [5.41, 5.74) is 0.805. The Morgan fingerprint density at radius 2 is 1.77 bits per heavy atom. The van der Waals surface area contributed by atoms with E-state index in [1.54, 1.807) is 26.4 Å². The molecule has 2 aliphatic heterocycles. The largest absolute Gasteiger partial charge is 0.462 e. The molecule has 2 N–H and O–H groups in total. The molecule has 0 aromatic heterocycles. The van der Waals surface area contributed by atoms with Crippen LogP contribution in [0.1, 0.15) is 73.1 Å². The van der Waals surface area contributed by atoms with Gasteiger partial charge in [-0.15, -0.1) is 0 Å². The minimum atomic E-state index is -0.888. The molecule has 1 saturated heterocycles. The monoisotopic (exact) mass is 611 g/mol. The van der Waals surface area contributed by atoms with Crippen LogP contribution in [0.25, 0.3) is 0 Å². The molecule has 10 atom stereocenters. The molecule has 0 saturated carbocycles. The molecule has 0 spiro atoms. The highest BCUT2D eigenvalue weighted by molar-refractivity contribution is 5.91. The fraction of sp³-hybridized carbons (Fsp3) is 0.818. The summed E-state index contributed by atoms with van der Waals surface area (Å²) in [4.78, 5) is 28.4. The van der Waals surface area contributed by atoms with Gasteiger partial charge in [-0.3, -0.25) is 9.59 Å². The van der Waals surface area contributed by atoms with Crippen LogP contribution < -0.4 is 0 Å². The number of aliphatic hydroxyl groups is 2. The number of esters is 1. The van der Waals surface area contributed by atoms with Crippen LogP contribution in [0.15, 0.2) is 23.8 Å². The third-order valence-electron chi connectivity index (χ3n) is 8.92. The molecule has 0 aliphatic carbocycles. The number of aliphatic hydroxyl groups excluding tert-OH is 2. The van der Waals surface area contributed by atoms with Gasteiger partial charge in [0.15, 0.2) is 18.4 Å². The lowest BCUT2D eigenvalue weighted by Gasteiger charge is -2.44. The Morgan fingerprint density at radius 1 is 1.09 bits per heavy atom. The first-order chi connectivity index (χ1) is 20.3. The molecule has 2 heterocycles. The Balaban J connectivity index is 2.52. The van der Waals surface area contributed by atoms with Gasteiger partial charge in [0.25, 0.3) is 0 Å². The molecule has 2 aliphatic rings. The Hall–Kier alpha value is -1.66. The van der Waals surface area contributed by atoms with Crippen molar-refractivity contribution in [3.8, 4) is 0 Å². The minimum Gasteiger partial charge on any atom is -0.462 e. The predicted molar refractivity (Wildman–Crippen MR) is 164 cm³/mol. The zero-order chi connectivity index (χ0) is 32.3. The number of likely N-dealkylation sites (N-methyl/N-ethyl adjacent to an activating group) is 1. The summed E-state index contributed by atoms with van der Waals surface area (Å²) >= 11 is 0. The predicted octanol–water partition coefficient (Wildman–Crippen LogP) is 3.88. The summed E-state index contributed by atoms with van der Waals surface area (Å²) in [6.07, 6.45) is 4.49. The van der Waals surface area contributed by atoms with Crippen molar-refractivity contribution in [2.75, 3.05) is 34.9 Å². The fourth-order valence-electron chi connectivity index (χ4n) is 6.25. The van der Waals surface area contributed by atoms with Gasteiger partial charge in [-0.2, -0.15) is 0 Å². The van der Waals surface area contributed by atoms with E-state index in [4.69, 9.17) is 23.7 Å². The normalized spacial score (nSPS) is 37.7. The van der Waals surface area contributed by atoms with E-state index in [9.17, 15) is 19.8 Å². The van der Waals surface area contributed by atoms with Crippen LogP contribution in [0.4, 0.5) is 0 Å². The van der Waals surface area contributed by atoms with E-state index in [1.807, 2.05) is 59.7 Å². The Labute approximate surface area is 258 Å². The average Bonchev–Trinajstić information content (AvgIpc) is 2.97. The number of ketones is 1. The van der Waals surface area contributed by atoms with Gasteiger partial charge in [0.1, 0.15) is 12.2 Å². The molecule has 0 amide bonds. The zero-order valence-electron chi connectivity index (χ0n) is 27.7. The molecular formula is C33H57NO9. The van der Waals surface area contributed by atoms with Crippen molar-refractivity contribution in [1.29, 1.82) is 0 Å². The lowest BCUT2D eigenvalue weighted by molar-refractivity contribution is -0.282. The van der Waals surface area contributed by atoms with Gasteiger partial charge in [-0.05, 0) is 71.5 Å². The molecule has 10 heteroatoms. The van der Waals surface area contributed by atoms with Crippen molar-refractivity contribution in [3.05, 3.63) is 23.8 Å². The van der Waals surface area contributed by atoms with Gasteiger partial charge in [0, 0.05) is 44.9 Å². The summed E-state index contributed by atoms with van der Waals surface area (Å²) in [6.45, 7) is 9.48. The second-order valence-electron chi connectivity index (χ2n) is 12.7. The summed E-state index contributed by atoms with van der Waals surface area (Å²) in [7, 11) is 7.01. The van der Waals surface area contributed by atoms with E-state index in [0.29, 0.717) is 32.1 Å². The number of ether oxygens (including phenoxy) is 5. The minimum absolute atomic E-state index is 0.0307. The summed E-state index contributed by atoms with van der Waals surface area (Å²) in [6, 6.07) is -0.151. The van der Waals surface area contributed by atoms with E-state index in [0.717, 1.165) is 5.57 Å². The number of rotatable bonds is 9. The van der Waals surface area contributed by atoms with Crippen molar-refractivity contribution in [1.82, 2.24) is 4.90 Å². The van der Waals surface area contributed by atoms with E-state index in [-0.39, 0.29) is 60.6 Å². The first kappa shape index (κ1) is 37.5. The van der Waals surface area contributed by atoms with E-state index < -0.39 is 30.9 Å². The third-order valence-corrected chi connectivity index (χ3v) is 8.92. The molecule has 0 aromatic rings. The SMILES string of the molecule is CC[C@H]1OC(=O)CC[C@H](C)[C@@H](OC2OC(C)CC(N(C)C)C2O)C(CC(OC)OC)C[C@@H](C)C(=O)/C=C/C(C)=C/[C@@H]1CO.